The molecule has 22 aromatic rings. The van der Waals surface area contributed by atoms with E-state index in [-0.39, 0.29) is 27.1 Å². The van der Waals surface area contributed by atoms with Crippen LogP contribution in [-0.4, -0.2) is 18.3 Å². The summed E-state index contributed by atoms with van der Waals surface area (Å²) in [4.78, 5) is 0. The number of hydrogen-bond donors (Lipinski definition) is 0. The molecule has 8 aromatic heterocycles. The summed E-state index contributed by atoms with van der Waals surface area (Å²) in [5, 5.41) is 32.4. The van der Waals surface area contributed by atoms with Crippen LogP contribution in [0, 0.1) is 0 Å². The standard InChI is InChI=1S/C44H31NS.C38H28N2S2.C33H23NS/c1-43(2)37-17-9-13-32-33-24-26(19-21-40(33)45(41(32)37)42-38(43)22-23-46-42)27-18-20-31-30-12-5-8-16-36(30)44(39(31)25-27)34-14-6-3-10-28(34)29-11-4-7-15-35(29)44;1-37(2)27-9-5-7-23-25-15-21(11-13-31(25)39(35(23)27)33-19-41-17-29(33)37)22-12-14-32-26(16-22)24-8-6-10-28-36(24)40(32)34-20-42-18-30(34)38(28,3)4;1-33(2)28-9-5-8-25-27-19-23(14-15-30(27)34(31(25)28)32-29(33)16-17-35-32)22-13-12-21-11-10-20-6-3-4-7-24(20)26(21)18-22/h3-10,12-25,29H,11H2,1-2H3;5-20H,1-4H3;3-19H,1-2H3. The van der Waals surface area contributed by atoms with Gasteiger partial charge in [0.25, 0.3) is 0 Å². The molecule has 0 fully saturated rings. The molecule has 0 amide bonds. The van der Waals surface area contributed by atoms with Crippen LogP contribution in [0.3, 0.4) is 0 Å². The Bertz CT molecular complexity index is 8400. The molecule has 14 aromatic carbocycles. The predicted molar refractivity (Wildman–Crippen MR) is 524 cm³/mol. The van der Waals surface area contributed by atoms with E-state index in [1.165, 1.54) is 247 Å². The summed E-state index contributed by atoms with van der Waals surface area (Å²) in [5.74, 6) is 0.418. The lowest BCUT2D eigenvalue weighted by molar-refractivity contribution is 0.633. The van der Waals surface area contributed by atoms with E-state index in [0.29, 0.717) is 5.92 Å². The molecule has 4 aliphatic heterocycles. The first-order valence-corrected chi connectivity index (χ1v) is 46.9. The normalized spacial score (nSPS) is 17.3. The van der Waals surface area contributed by atoms with Gasteiger partial charge in [-0.25, -0.2) is 0 Å². The van der Waals surface area contributed by atoms with E-state index >= 15 is 0 Å². The summed E-state index contributed by atoms with van der Waals surface area (Å²) in [6, 6.07) is 106. The predicted octanol–water partition coefficient (Wildman–Crippen LogP) is 31.9. The fourth-order valence-corrected chi connectivity index (χ4v) is 28.2. The number of thiophene rings is 4. The first kappa shape index (κ1) is 70.7. The first-order chi connectivity index (χ1) is 60.0. The number of rotatable bonds is 3. The van der Waals surface area contributed by atoms with Gasteiger partial charge in [0.2, 0.25) is 0 Å². The lowest BCUT2D eigenvalue weighted by Gasteiger charge is -2.33. The van der Waals surface area contributed by atoms with Gasteiger partial charge in [-0.1, -0.05) is 280 Å². The summed E-state index contributed by atoms with van der Waals surface area (Å²) in [6.07, 6.45) is 8.12. The maximum absolute atomic E-state index is 2.53. The molecule has 4 nitrogen and oxygen atoms in total. The molecule has 3 aliphatic carbocycles. The lowest BCUT2D eigenvalue weighted by atomic mass is 9.68. The van der Waals surface area contributed by atoms with Crippen LogP contribution in [0.15, 0.2) is 335 Å². The second kappa shape index (κ2) is 24.7. The molecule has 0 radical (unpaired) electrons. The molecular formula is C115H82N4S4. The van der Waals surface area contributed by atoms with Crippen molar-refractivity contribution in [3.63, 3.8) is 0 Å². The minimum atomic E-state index is -0.261. The van der Waals surface area contributed by atoms with E-state index in [2.05, 4.69) is 403 Å². The molecule has 0 bridgehead atoms. The maximum Gasteiger partial charge on any atom is 0.104 e. The van der Waals surface area contributed by atoms with E-state index in [9.17, 15) is 0 Å². The van der Waals surface area contributed by atoms with Crippen LogP contribution in [0.5, 0.6) is 0 Å². The summed E-state index contributed by atoms with van der Waals surface area (Å²) in [5.41, 5.74) is 42.0. The number of benzene rings is 14. The highest BCUT2D eigenvalue weighted by Gasteiger charge is 2.55. The highest BCUT2D eigenvalue weighted by molar-refractivity contribution is 7.13. The van der Waals surface area contributed by atoms with Gasteiger partial charge in [-0.05, 0) is 239 Å². The quantitative estimate of drug-likeness (QED) is 0.157. The van der Waals surface area contributed by atoms with E-state index in [0.717, 1.165) is 6.42 Å². The first-order valence-electron chi connectivity index (χ1n) is 43.3. The summed E-state index contributed by atoms with van der Waals surface area (Å²) >= 11 is 7.33. The zero-order valence-electron chi connectivity index (χ0n) is 69.5. The fourth-order valence-electron chi connectivity index (χ4n) is 24.1. The van der Waals surface area contributed by atoms with Gasteiger partial charge in [0.05, 0.1) is 60.9 Å². The third kappa shape index (κ3) is 9.13. The molecule has 2 unspecified atom stereocenters. The van der Waals surface area contributed by atoms with Crippen LogP contribution in [0.2, 0.25) is 0 Å². The molecule has 2 atom stereocenters. The van der Waals surface area contributed by atoms with Gasteiger partial charge in [0, 0.05) is 81.4 Å². The van der Waals surface area contributed by atoms with Gasteiger partial charge in [-0.15, -0.1) is 45.3 Å². The molecule has 123 heavy (non-hydrogen) atoms. The van der Waals surface area contributed by atoms with Crippen molar-refractivity contribution in [2.24, 2.45) is 0 Å². The third-order valence-electron chi connectivity index (χ3n) is 30.1. The van der Waals surface area contributed by atoms with Crippen molar-refractivity contribution in [3.8, 4) is 65.9 Å². The zero-order valence-corrected chi connectivity index (χ0v) is 72.7. The number of aromatic nitrogens is 4. The van der Waals surface area contributed by atoms with Crippen molar-refractivity contribution in [2.45, 2.75) is 94.8 Å². The summed E-state index contributed by atoms with van der Waals surface area (Å²) < 4.78 is 10.1. The Morgan fingerprint density at radius 1 is 0.285 bits per heavy atom. The third-order valence-corrected chi connectivity index (χ3v) is 33.4. The van der Waals surface area contributed by atoms with Crippen LogP contribution in [0.1, 0.15) is 134 Å². The van der Waals surface area contributed by atoms with Gasteiger partial charge in [0.15, 0.2) is 0 Å². The van der Waals surface area contributed by atoms with Crippen molar-refractivity contribution in [3.05, 3.63) is 402 Å². The molecule has 1 spiro atoms. The average molecular weight is 1650 g/mol. The Kier molecular flexibility index (Phi) is 14.2. The van der Waals surface area contributed by atoms with Crippen LogP contribution < -0.4 is 0 Å². The Balaban J connectivity index is 0.0000000976. The SMILES string of the molecule is CC1(C)c2ccsc2-n2c3ccc(-c4ccc5c(c4)C4(C6=CC=CCC6c6ccccc64)c4ccccc4-5)cc3c3cccc1c32.CC1(C)c2ccsc2-n2c3ccc(-c4ccc5ccc6ccccc6c5c4)cc3c3cccc1c32.CC1(C)c2cscc2-n2c3ccc(-c4ccc5c(c4)c4cccc6c4n5-c4cscc4C6(C)C)cc3c3cccc1c32. The molecule has 7 aliphatic rings. The highest BCUT2D eigenvalue weighted by Crippen LogP contribution is 2.66. The minimum absolute atomic E-state index is 0.00144. The van der Waals surface area contributed by atoms with Crippen molar-refractivity contribution < 1.29 is 0 Å². The average Bonchev–Trinajstić information content (AvgIpc) is 1.50. The molecule has 0 saturated carbocycles. The van der Waals surface area contributed by atoms with Gasteiger partial charge >= 0.3 is 0 Å². The number of hydrogen-bond acceptors (Lipinski definition) is 4. The van der Waals surface area contributed by atoms with Crippen LogP contribution in [-0.2, 0) is 27.1 Å². The fraction of sp³-hybridized carbons (Fsp3) is 0.130. The zero-order chi connectivity index (χ0) is 81.8. The largest absolute Gasteiger partial charge is 0.308 e. The number of fused-ring (bicyclic) bond motifs is 33. The van der Waals surface area contributed by atoms with Crippen molar-refractivity contribution in [2.75, 3.05) is 0 Å². The van der Waals surface area contributed by atoms with Gasteiger partial charge in [-0.3, -0.25) is 0 Å². The topological polar surface area (TPSA) is 19.7 Å². The van der Waals surface area contributed by atoms with Crippen LogP contribution in [0.25, 0.3) is 175 Å². The monoisotopic (exact) mass is 1650 g/mol. The maximum atomic E-state index is 2.53. The van der Waals surface area contributed by atoms with Crippen LogP contribution >= 0.6 is 45.3 Å². The lowest BCUT2D eigenvalue weighted by Crippen LogP contribution is -2.27. The number of nitrogens with zero attached hydrogens (tertiary/aromatic N) is 4. The smallest absolute Gasteiger partial charge is 0.104 e. The molecule has 29 rings (SSSR count). The van der Waals surface area contributed by atoms with E-state index in [1.807, 2.05) is 45.3 Å². The Morgan fingerprint density at radius 3 is 1.19 bits per heavy atom. The van der Waals surface area contributed by atoms with Crippen LogP contribution in [0.4, 0.5) is 0 Å². The second-order valence-corrected chi connectivity index (χ2v) is 40.7. The van der Waals surface area contributed by atoms with Gasteiger partial charge < -0.3 is 18.3 Å². The van der Waals surface area contributed by atoms with Crippen molar-refractivity contribution in [1.82, 2.24) is 18.3 Å². The summed E-state index contributed by atoms with van der Waals surface area (Å²) in [6.45, 7) is 19.0. The summed E-state index contributed by atoms with van der Waals surface area (Å²) in [7, 11) is 0. The Morgan fingerprint density at radius 2 is 0.667 bits per heavy atom. The molecule has 586 valence electrons. The van der Waals surface area contributed by atoms with E-state index in [1.54, 1.807) is 0 Å². The van der Waals surface area contributed by atoms with Crippen molar-refractivity contribution >= 4 is 154 Å². The molecule has 0 saturated heterocycles. The highest BCUT2D eigenvalue weighted by atomic mass is 32.1. The Hall–Kier alpha value is -12.9. The van der Waals surface area contributed by atoms with E-state index in [4.69, 9.17) is 0 Å². The number of allylic oxidation sites excluding steroid dienone is 4. The number of para-hydroxylation sites is 4. The second-order valence-electron chi connectivity index (χ2n) is 37.4. The molecule has 8 heteroatoms. The minimum Gasteiger partial charge on any atom is -0.308 e. The molecule has 12 heterocycles. The van der Waals surface area contributed by atoms with Gasteiger partial charge in [0.1, 0.15) is 10.0 Å². The van der Waals surface area contributed by atoms with Gasteiger partial charge in [-0.2, -0.15) is 0 Å². The van der Waals surface area contributed by atoms with E-state index < -0.39 is 0 Å². The van der Waals surface area contributed by atoms with Crippen molar-refractivity contribution in [1.29, 1.82) is 0 Å². The Labute approximate surface area is 729 Å². The molecular weight excluding hydrogens is 1570 g/mol. The molecule has 0 N–H and O–H groups in total.